The number of benzene rings is 1. The lowest BCUT2D eigenvalue weighted by Gasteiger charge is -2.30. The molecule has 2 aromatic heterocycles. The molecule has 0 spiro atoms. The Balaban J connectivity index is 1.54. The van der Waals surface area contributed by atoms with E-state index in [-0.39, 0.29) is 6.10 Å². The third-order valence-corrected chi connectivity index (χ3v) is 3.93. The van der Waals surface area contributed by atoms with Gasteiger partial charge in [0.15, 0.2) is 0 Å². The molecule has 6 nitrogen and oxygen atoms in total. The number of morpholine rings is 1. The van der Waals surface area contributed by atoms with Gasteiger partial charge in [0.2, 0.25) is 5.82 Å². The van der Waals surface area contributed by atoms with Gasteiger partial charge >= 0.3 is 6.01 Å². The molecule has 0 radical (unpaired) electrons. The van der Waals surface area contributed by atoms with Gasteiger partial charge in [0, 0.05) is 17.1 Å². The second kappa shape index (κ2) is 6.06. The van der Waals surface area contributed by atoms with Crippen molar-refractivity contribution in [3.05, 3.63) is 53.4 Å². The van der Waals surface area contributed by atoms with Crippen molar-refractivity contribution >= 4 is 17.6 Å². The number of halogens is 1. The Labute approximate surface area is 137 Å². The number of anilines is 1. The van der Waals surface area contributed by atoms with Crippen LogP contribution in [0.4, 0.5) is 6.01 Å². The summed E-state index contributed by atoms with van der Waals surface area (Å²) in [6, 6.07) is 11.6. The predicted molar refractivity (Wildman–Crippen MR) is 84.4 cm³/mol. The highest BCUT2D eigenvalue weighted by molar-refractivity contribution is 6.30. The molecule has 1 aromatic carbocycles. The topological polar surface area (TPSA) is 64.5 Å². The molecule has 0 amide bonds. The van der Waals surface area contributed by atoms with Crippen molar-refractivity contribution in [1.82, 2.24) is 10.1 Å². The van der Waals surface area contributed by atoms with Crippen molar-refractivity contribution in [1.29, 1.82) is 0 Å². The van der Waals surface area contributed by atoms with Gasteiger partial charge in [-0.15, -0.1) is 0 Å². The van der Waals surface area contributed by atoms with E-state index >= 15 is 0 Å². The molecule has 3 aromatic rings. The van der Waals surface area contributed by atoms with E-state index in [0.717, 1.165) is 11.3 Å². The largest absolute Gasteiger partial charge is 0.467 e. The van der Waals surface area contributed by atoms with E-state index in [1.165, 1.54) is 0 Å². The van der Waals surface area contributed by atoms with Gasteiger partial charge in [0.1, 0.15) is 11.9 Å². The van der Waals surface area contributed by atoms with Gasteiger partial charge in [0.25, 0.3) is 0 Å². The maximum absolute atomic E-state index is 6.00. The summed E-state index contributed by atoms with van der Waals surface area (Å²) in [4.78, 5) is 6.46. The molecule has 1 saturated heterocycles. The fraction of sp³-hybridized carbons (Fsp3) is 0.250. The summed E-state index contributed by atoms with van der Waals surface area (Å²) < 4.78 is 16.6. The molecule has 0 N–H and O–H groups in total. The smallest absolute Gasteiger partial charge is 0.324 e. The van der Waals surface area contributed by atoms with Gasteiger partial charge in [-0.05, 0) is 24.3 Å². The minimum absolute atomic E-state index is 0.139. The third-order valence-electron chi connectivity index (χ3n) is 3.70. The number of hydrogen-bond acceptors (Lipinski definition) is 6. The molecule has 0 saturated carbocycles. The molecule has 1 unspecified atom stereocenters. The van der Waals surface area contributed by atoms with Gasteiger partial charge in [-0.3, -0.25) is 0 Å². The van der Waals surface area contributed by atoms with Crippen LogP contribution in [0.25, 0.3) is 11.4 Å². The molecule has 0 aliphatic carbocycles. The van der Waals surface area contributed by atoms with E-state index in [1.807, 2.05) is 35.2 Å². The summed E-state index contributed by atoms with van der Waals surface area (Å²) in [7, 11) is 0. The van der Waals surface area contributed by atoms with Crippen LogP contribution in [0.2, 0.25) is 5.02 Å². The number of aromatic nitrogens is 2. The molecule has 4 rings (SSSR count). The van der Waals surface area contributed by atoms with E-state index in [0.29, 0.717) is 36.6 Å². The highest BCUT2D eigenvalue weighted by Crippen LogP contribution is 2.27. The van der Waals surface area contributed by atoms with Crippen LogP contribution in [0.3, 0.4) is 0 Å². The molecule has 118 valence electrons. The second-order valence-corrected chi connectivity index (χ2v) is 5.67. The molecule has 3 heterocycles. The lowest BCUT2D eigenvalue weighted by Crippen LogP contribution is -2.38. The van der Waals surface area contributed by atoms with Gasteiger partial charge < -0.3 is 18.6 Å². The van der Waals surface area contributed by atoms with Crippen LogP contribution < -0.4 is 4.90 Å². The molecular weight excluding hydrogens is 318 g/mol. The van der Waals surface area contributed by atoms with Crippen molar-refractivity contribution in [2.24, 2.45) is 0 Å². The van der Waals surface area contributed by atoms with Crippen LogP contribution >= 0.6 is 11.6 Å². The van der Waals surface area contributed by atoms with Crippen LogP contribution in [-0.4, -0.2) is 29.8 Å². The van der Waals surface area contributed by atoms with E-state index in [4.69, 9.17) is 25.3 Å². The highest BCUT2D eigenvalue weighted by Gasteiger charge is 2.27. The van der Waals surface area contributed by atoms with Gasteiger partial charge in [-0.25, -0.2) is 0 Å². The van der Waals surface area contributed by atoms with Gasteiger partial charge in [0.05, 0.1) is 19.4 Å². The van der Waals surface area contributed by atoms with E-state index < -0.39 is 0 Å². The Morgan fingerprint density at radius 1 is 1.22 bits per heavy atom. The summed E-state index contributed by atoms with van der Waals surface area (Å²) >= 11 is 6.00. The summed E-state index contributed by atoms with van der Waals surface area (Å²) in [6.07, 6.45) is 1.50. The van der Waals surface area contributed by atoms with Crippen LogP contribution in [0.5, 0.6) is 0 Å². The molecule has 7 heteroatoms. The number of nitrogens with zero attached hydrogens (tertiary/aromatic N) is 3. The average Bonchev–Trinajstić information content (AvgIpc) is 3.27. The maximum atomic E-state index is 6.00. The number of ether oxygens (including phenoxy) is 1. The summed E-state index contributed by atoms with van der Waals surface area (Å²) in [5, 5.41) is 4.68. The van der Waals surface area contributed by atoms with Crippen LogP contribution in [0.15, 0.2) is 51.6 Å². The lowest BCUT2D eigenvalue weighted by atomic mass is 10.2. The first-order valence-corrected chi connectivity index (χ1v) is 7.67. The lowest BCUT2D eigenvalue weighted by molar-refractivity contribution is 0.0238. The van der Waals surface area contributed by atoms with Crippen molar-refractivity contribution in [3.63, 3.8) is 0 Å². The van der Waals surface area contributed by atoms with E-state index in [9.17, 15) is 0 Å². The number of rotatable bonds is 3. The van der Waals surface area contributed by atoms with Crippen molar-refractivity contribution in [2.45, 2.75) is 6.10 Å². The first kappa shape index (κ1) is 14.3. The average molecular weight is 332 g/mol. The van der Waals surface area contributed by atoms with Crippen molar-refractivity contribution in [2.75, 3.05) is 24.6 Å². The molecular formula is C16H14ClN3O3. The predicted octanol–water partition coefficient (Wildman–Crippen LogP) is 3.56. The standard InChI is InChI=1S/C16H14ClN3O3/c17-12-4-1-3-11(9-12)15-18-16(23-19-15)20-6-8-22-14(10-20)13-5-2-7-21-13/h1-5,7,9,14H,6,8,10H2. The zero-order chi connectivity index (χ0) is 15.6. The molecule has 1 atom stereocenters. The number of hydrogen-bond donors (Lipinski definition) is 0. The Morgan fingerprint density at radius 2 is 2.17 bits per heavy atom. The van der Waals surface area contributed by atoms with Crippen molar-refractivity contribution < 1.29 is 13.7 Å². The SMILES string of the molecule is Clc1cccc(-c2noc(N3CCOC(c4ccco4)C3)n2)c1. The molecule has 1 aliphatic heterocycles. The Bertz CT molecular complexity index is 787. The molecule has 23 heavy (non-hydrogen) atoms. The minimum Gasteiger partial charge on any atom is -0.467 e. The second-order valence-electron chi connectivity index (χ2n) is 5.23. The molecule has 1 fully saturated rings. The molecule has 0 bridgehead atoms. The Kier molecular flexibility index (Phi) is 3.77. The monoisotopic (exact) mass is 331 g/mol. The Morgan fingerprint density at radius 3 is 3.00 bits per heavy atom. The third kappa shape index (κ3) is 2.95. The Hall–Kier alpha value is -2.31. The molecule has 1 aliphatic rings. The normalized spacial score (nSPS) is 18.3. The summed E-state index contributed by atoms with van der Waals surface area (Å²) in [6.45, 7) is 1.86. The van der Waals surface area contributed by atoms with Crippen LogP contribution in [0.1, 0.15) is 11.9 Å². The van der Waals surface area contributed by atoms with E-state index in [2.05, 4.69) is 10.1 Å². The van der Waals surface area contributed by atoms with Gasteiger partial charge in [-0.2, -0.15) is 4.98 Å². The minimum atomic E-state index is -0.139. The van der Waals surface area contributed by atoms with Crippen LogP contribution in [0, 0.1) is 0 Å². The summed E-state index contributed by atoms with van der Waals surface area (Å²) in [5.74, 6) is 1.31. The first-order valence-electron chi connectivity index (χ1n) is 7.29. The van der Waals surface area contributed by atoms with Gasteiger partial charge in [-0.1, -0.05) is 28.9 Å². The zero-order valence-corrected chi connectivity index (χ0v) is 12.9. The zero-order valence-electron chi connectivity index (χ0n) is 12.2. The van der Waals surface area contributed by atoms with E-state index in [1.54, 1.807) is 12.3 Å². The quantitative estimate of drug-likeness (QED) is 0.731. The first-order chi connectivity index (χ1) is 11.3. The summed E-state index contributed by atoms with van der Waals surface area (Å²) in [5.41, 5.74) is 0.823. The fourth-order valence-electron chi connectivity index (χ4n) is 2.56. The van der Waals surface area contributed by atoms with Crippen molar-refractivity contribution in [3.8, 4) is 11.4 Å². The van der Waals surface area contributed by atoms with Crippen LogP contribution in [-0.2, 0) is 4.74 Å². The maximum Gasteiger partial charge on any atom is 0.324 e. The highest BCUT2D eigenvalue weighted by atomic mass is 35.5. The fourth-order valence-corrected chi connectivity index (χ4v) is 2.75. The number of furan rings is 1.